The van der Waals surface area contributed by atoms with Gasteiger partial charge in [0.15, 0.2) is 17.2 Å². The van der Waals surface area contributed by atoms with Gasteiger partial charge in [0.2, 0.25) is 5.43 Å². The maximum absolute atomic E-state index is 13.3. The Morgan fingerprint density at radius 3 is 2.54 bits per heavy atom. The standard InChI is InChI=1S/C27H27N3O4S/c1-4-29(17-20-12-13-24(25(16-20)33-3)34-18-22-11-8-14-35-22)27(32)26-23(31)15-19(2)30(28-26)21-9-6-5-7-10-21/h5-16H,4,17-18H2,1-3H3. The highest BCUT2D eigenvalue weighted by Crippen LogP contribution is 2.30. The van der Waals surface area contributed by atoms with E-state index in [1.165, 1.54) is 6.07 Å². The van der Waals surface area contributed by atoms with Crippen LogP contribution in [-0.2, 0) is 13.2 Å². The summed E-state index contributed by atoms with van der Waals surface area (Å²) in [6, 6.07) is 20.5. The molecule has 0 saturated carbocycles. The van der Waals surface area contributed by atoms with E-state index in [4.69, 9.17) is 9.47 Å². The average Bonchev–Trinajstić information content (AvgIpc) is 3.40. The highest BCUT2D eigenvalue weighted by molar-refractivity contribution is 7.09. The number of aryl methyl sites for hydroxylation is 1. The fourth-order valence-electron chi connectivity index (χ4n) is 3.70. The highest BCUT2D eigenvalue weighted by Gasteiger charge is 2.21. The van der Waals surface area contributed by atoms with Crippen LogP contribution in [0.3, 0.4) is 0 Å². The number of carbonyl (C=O) groups excluding carboxylic acids is 1. The number of rotatable bonds is 9. The molecule has 2 heterocycles. The number of hydrogen-bond acceptors (Lipinski definition) is 6. The largest absolute Gasteiger partial charge is 0.493 e. The first-order valence-corrected chi connectivity index (χ1v) is 12.2. The number of methoxy groups -OCH3 is 1. The molecule has 0 radical (unpaired) electrons. The van der Waals surface area contributed by atoms with E-state index in [0.29, 0.717) is 36.9 Å². The van der Waals surface area contributed by atoms with Crippen molar-refractivity contribution in [3.05, 3.63) is 104 Å². The minimum Gasteiger partial charge on any atom is -0.493 e. The Morgan fingerprint density at radius 2 is 1.86 bits per heavy atom. The van der Waals surface area contributed by atoms with Crippen LogP contribution in [-0.4, -0.2) is 34.2 Å². The predicted octanol–water partition coefficient (Wildman–Crippen LogP) is 4.85. The third-order valence-corrected chi connectivity index (χ3v) is 6.38. The van der Waals surface area contributed by atoms with Gasteiger partial charge in [-0.1, -0.05) is 30.3 Å². The third-order valence-electron chi connectivity index (χ3n) is 5.53. The van der Waals surface area contributed by atoms with Gasteiger partial charge in [0.05, 0.1) is 12.8 Å². The Morgan fingerprint density at radius 1 is 1.06 bits per heavy atom. The number of thiophene rings is 1. The van der Waals surface area contributed by atoms with Crippen molar-refractivity contribution < 1.29 is 14.3 Å². The van der Waals surface area contributed by atoms with Gasteiger partial charge in [-0.05, 0) is 55.1 Å². The molecule has 0 fully saturated rings. The SMILES string of the molecule is CCN(Cc1ccc(OCc2cccs2)c(OC)c1)C(=O)c1nn(-c2ccccc2)c(C)cc1=O. The van der Waals surface area contributed by atoms with Gasteiger partial charge in [0.25, 0.3) is 5.91 Å². The summed E-state index contributed by atoms with van der Waals surface area (Å²) in [5.41, 5.74) is 1.79. The maximum atomic E-state index is 13.3. The zero-order chi connectivity index (χ0) is 24.8. The molecule has 0 unspecified atom stereocenters. The lowest BCUT2D eigenvalue weighted by Crippen LogP contribution is -2.35. The van der Waals surface area contributed by atoms with E-state index in [-0.39, 0.29) is 5.69 Å². The Balaban J connectivity index is 1.55. The van der Waals surface area contributed by atoms with Crippen LogP contribution in [0.5, 0.6) is 11.5 Å². The van der Waals surface area contributed by atoms with Gasteiger partial charge in [-0.15, -0.1) is 11.3 Å². The summed E-state index contributed by atoms with van der Waals surface area (Å²) in [5, 5.41) is 6.43. The number of aromatic nitrogens is 2. The van der Waals surface area contributed by atoms with Crippen LogP contribution in [0.25, 0.3) is 5.69 Å². The molecule has 2 aromatic heterocycles. The minimum absolute atomic E-state index is 0.107. The van der Waals surface area contributed by atoms with Crippen molar-refractivity contribution in [2.45, 2.75) is 27.0 Å². The number of nitrogens with zero attached hydrogens (tertiary/aromatic N) is 3. The monoisotopic (exact) mass is 489 g/mol. The molecule has 4 aromatic rings. The van der Waals surface area contributed by atoms with Crippen LogP contribution in [0.1, 0.15) is 33.5 Å². The maximum Gasteiger partial charge on any atom is 0.278 e. The average molecular weight is 490 g/mol. The lowest BCUT2D eigenvalue weighted by atomic mass is 10.1. The predicted molar refractivity (Wildman–Crippen MR) is 137 cm³/mol. The molecule has 1 amide bonds. The number of benzene rings is 2. The normalized spacial score (nSPS) is 10.7. The second-order valence-corrected chi connectivity index (χ2v) is 8.95. The highest BCUT2D eigenvalue weighted by atomic mass is 32.1. The van der Waals surface area contributed by atoms with Gasteiger partial charge in [0, 0.05) is 29.7 Å². The van der Waals surface area contributed by atoms with E-state index >= 15 is 0 Å². The van der Waals surface area contributed by atoms with Crippen molar-refractivity contribution >= 4 is 17.2 Å². The summed E-state index contributed by atoms with van der Waals surface area (Å²) in [5.74, 6) is 0.798. The van der Waals surface area contributed by atoms with Gasteiger partial charge in [-0.3, -0.25) is 9.59 Å². The summed E-state index contributed by atoms with van der Waals surface area (Å²) in [4.78, 5) is 28.7. The molecule has 7 nitrogen and oxygen atoms in total. The van der Waals surface area contributed by atoms with Crippen LogP contribution in [0, 0.1) is 6.92 Å². The summed E-state index contributed by atoms with van der Waals surface area (Å²) < 4.78 is 13.0. The molecule has 0 aliphatic carbocycles. The van der Waals surface area contributed by atoms with E-state index in [1.54, 1.807) is 35.0 Å². The van der Waals surface area contributed by atoms with Crippen LogP contribution in [0.2, 0.25) is 0 Å². The lowest BCUT2D eigenvalue weighted by molar-refractivity contribution is 0.0743. The summed E-state index contributed by atoms with van der Waals surface area (Å²) in [6.45, 7) is 4.84. The van der Waals surface area contributed by atoms with Gasteiger partial charge in [-0.2, -0.15) is 5.10 Å². The molecule has 8 heteroatoms. The summed E-state index contributed by atoms with van der Waals surface area (Å²) >= 11 is 1.63. The summed E-state index contributed by atoms with van der Waals surface area (Å²) in [7, 11) is 1.59. The number of ether oxygens (including phenoxy) is 2. The van der Waals surface area contributed by atoms with Crippen molar-refractivity contribution in [2.75, 3.05) is 13.7 Å². The molecular weight excluding hydrogens is 462 g/mol. The number of amides is 1. The molecule has 2 aromatic carbocycles. The number of para-hydroxylation sites is 1. The Bertz CT molecular complexity index is 1350. The minimum atomic E-state index is -0.417. The fourth-order valence-corrected chi connectivity index (χ4v) is 4.31. The first-order valence-electron chi connectivity index (χ1n) is 11.3. The van der Waals surface area contributed by atoms with E-state index < -0.39 is 11.3 Å². The van der Waals surface area contributed by atoms with E-state index in [1.807, 2.05) is 73.0 Å². The van der Waals surface area contributed by atoms with Crippen LogP contribution < -0.4 is 14.9 Å². The van der Waals surface area contributed by atoms with Crippen LogP contribution in [0.15, 0.2) is 76.9 Å². The molecule has 35 heavy (non-hydrogen) atoms. The van der Waals surface area contributed by atoms with Crippen molar-refractivity contribution in [1.29, 1.82) is 0 Å². The van der Waals surface area contributed by atoms with E-state index in [0.717, 1.165) is 16.1 Å². The fraction of sp³-hybridized carbons (Fsp3) is 0.222. The lowest BCUT2D eigenvalue weighted by Gasteiger charge is -2.22. The first kappa shape index (κ1) is 24.2. The Kier molecular flexibility index (Phi) is 7.62. The van der Waals surface area contributed by atoms with Crippen LogP contribution in [0.4, 0.5) is 0 Å². The first-order chi connectivity index (χ1) is 17.0. The van der Waals surface area contributed by atoms with Gasteiger partial charge in [-0.25, -0.2) is 4.68 Å². The number of hydrogen-bond donors (Lipinski definition) is 0. The second kappa shape index (κ2) is 11.0. The molecule has 0 saturated heterocycles. The van der Waals surface area contributed by atoms with Crippen molar-refractivity contribution in [1.82, 2.24) is 14.7 Å². The smallest absolute Gasteiger partial charge is 0.278 e. The molecule has 0 aliphatic heterocycles. The molecular formula is C27H27N3O4S. The quantitative estimate of drug-likeness (QED) is 0.336. The molecule has 180 valence electrons. The molecule has 0 N–H and O–H groups in total. The molecule has 0 bridgehead atoms. The molecule has 0 aliphatic rings. The van der Waals surface area contributed by atoms with E-state index in [2.05, 4.69) is 5.10 Å². The Labute approximate surface area is 208 Å². The summed E-state index contributed by atoms with van der Waals surface area (Å²) in [6.07, 6.45) is 0. The van der Waals surface area contributed by atoms with Crippen molar-refractivity contribution in [3.8, 4) is 17.2 Å². The van der Waals surface area contributed by atoms with Crippen molar-refractivity contribution in [2.24, 2.45) is 0 Å². The Hall–Kier alpha value is -3.91. The van der Waals surface area contributed by atoms with Gasteiger partial charge >= 0.3 is 0 Å². The van der Waals surface area contributed by atoms with Crippen molar-refractivity contribution in [3.63, 3.8) is 0 Å². The van der Waals surface area contributed by atoms with Crippen LogP contribution >= 0.6 is 11.3 Å². The van der Waals surface area contributed by atoms with Gasteiger partial charge < -0.3 is 14.4 Å². The zero-order valence-corrected chi connectivity index (χ0v) is 20.7. The van der Waals surface area contributed by atoms with Gasteiger partial charge in [0.1, 0.15) is 6.61 Å². The van der Waals surface area contributed by atoms with E-state index in [9.17, 15) is 9.59 Å². The second-order valence-electron chi connectivity index (χ2n) is 7.92. The molecule has 0 spiro atoms. The topological polar surface area (TPSA) is 73.7 Å². The zero-order valence-electron chi connectivity index (χ0n) is 19.9. The molecule has 0 atom stereocenters. The number of carbonyl (C=O) groups is 1. The molecule has 4 rings (SSSR count). The third kappa shape index (κ3) is 5.60.